The van der Waals surface area contributed by atoms with Crippen LogP contribution < -0.4 is 11.1 Å². The maximum Gasteiger partial charge on any atom is 0.248 e. The lowest BCUT2D eigenvalue weighted by Crippen LogP contribution is -2.14. The number of rotatable bonds is 6. The molecule has 0 aliphatic carbocycles. The molecule has 4 nitrogen and oxygen atoms in total. The molecule has 0 radical (unpaired) electrons. The van der Waals surface area contributed by atoms with Crippen molar-refractivity contribution in [2.45, 2.75) is 11.3 Å². The summed E-state index contributed by atoms with van der Waals surface area (Å²) in [5.41, 5.74) is 6.13. The van der Waals surface area contributed by atoms with Gasteiger partial charge in [0.15, 0.2) is 0 Å². The van der Waals surface area contributed by atoms with Crippen LogP contribution in [0.5, 0.6) is 0 Å². The SMILES string of the molecule is NC(=O)c1cccc(NC(=O)CCSc2ccccc2Cl)c1. The van der Waals surface area contributed by atoms with Gasteiger partial charge in [-0.3, -0.25) is 9.59 Å². The summed E-state index contributed by atoms with van der Waals surface area (Å²) in [7, 11) is 0. The number of benzene rings is 2. The number of nitrogens with one attached hydrogen (secondary N) is 1. The summed E-state index contributed by atoms with van der Waals surface area (Å²) >= 11 is 7.58. The minimum absolute atomic E-state index is 0.124. The molecule has 0 spiro atoms. The number of hydrogen-bond acceptors (Lipinski definition) is 3. The van der Waals surface area contributed by atoms with Gasteiger partial charge in [-0.25, -0.2) is 0 Å². The Morgan fingerprint density at radius 3 is 2.64 bits per heavy atom. The molecule has 0 fully saturated rings. The number of thioether (sulfide) groups is 1. The van der Waals surface area contributed by atoms with Crippen LogP contribution in [0.25, 0.3) is 0 Å². The van der Waals surface area contributed by atoms with Crippen molar-refractivity contribution in [3.05, 3.63) is 59.1 Å². The van der Waals surface area contributed by atoms with E-state index in [1.165, 1.54) is 11.8 Å². The molecular weight excluding hydrogens is 320 g/mol. The first-order valence-corrected chi connectivity index (χ1v) is 7.99. The summed E-state index contributed by atoms with van der Waals surface area (Å²) in [6, 6.07) is 14.1. The number of halogens is 1. The van der Waals surface area contributed by atoms with E-state index in [0.717, 1.165) is 4.90 Å². The van der Waals surface area contributed by atoms with Crippen LogP contribution in [0, 0.1) is 0 Å². The Morgan fingerprint density at radius 2 is 1.91 bits per heavy atom. The highest BCUT2D eigenvalue weighted by atomic mass is 35.5. The summed E-state index contributed by atoms with van der Waals surface area (Å²) in [6.45, 7) is 0. The van der Waals surface area contributed by atoms with Crippen LogP contribution in [0.2, 0.25) is 5.02 Å². The van der Waals surface area contributed by atoms with E-state index < -0.39 is 5.91 Å². The van der Waals surface area contributed by atoms with E-state index in [1.54, 1.807) is 24.3 Å². The highest BCUT2D eigenvalue weighted by Gasteiger charge is 2.06. The molecule has 0 saturated carbocycles. The number of anilines is 1. The molecule has 0 unspecified atom stereocenters. The maximum atomic E-state index is 11.9. The van der Waals surface area contributed by atoms with Crippen LogP contribution in [0.4, 0.5) is 5.69 Å². The third-order valence-corrected chi connectivity index (χ3v) is 4.37. The number of carbonyl (C=O) groups excluding carboxylic acids is 2. The lowest BCUT2D eigenvalue weighted by molar-refractivity contribution is -0.115. The number of primary amides is 1. The van der Waals surface area contributed by atoms with E-state index in [9.17, 15) is 9.59 Å². The number of hydrogen-bond donors (Lipinski definition) is 2. The second-order valence-corrected chi connectivity index (χ2v) is 6.07. The van der Waals surface area contributed by atoms with Gasteiger partial charge in [0.1, 0.15) is 0 Å². The van der Waals surface area contributed by atoms with Gasteiger partial charge in [0, 0.05) is 28.3 Å². The van der Waals surface area contributed by atoms with Crippen LogP contribution in [-0.2, 0) is 4.79 Å². The fourth-order valence-electron chi connectivity index (χ4n) is 1.79. The van der Waals surface area contributed by atoms with Gasteiger partial charge in [0.25, 0.3) is 0 Å². The predicted molar refractivity (Wildman–Crippen MR) is 90.4 cm³/mol. The van der Waals surface area contributed by atoms with Gasteiger partial charge >= 0.3 is 0 Å². The van der Waals surface area contributed by atoms with Gasteiger partial charge < -0.3 is 11.1 Å². The topological polar surface area (TPSA) is 72.2 Å². The minimum atomic E-state index is -0.523. The summed E-state index contributed by atoms with van der Waals surface area (Å²) in [5, 5.41) is 3.43. The van der Waals surface area contributed by atoms with E-state index in [2.05, 4.69) is 5.32 Å². The van der Waals surface area contributed by atoms with Crippen LogP contribution >= 0.6 is 23.4 Å². The Morgan fingerprint density at radius 1 is 1.14 bits per heavy atom. The van der Waals surface area contributed by atoms with Crippen molar-refractivity contribution < 1.29 is 9.59 Å². The molecule has 0 aliphatic rings. The predicted octanol–water partition coefficient (Wildman–Crippen LogP) is 3.56. The van der Waals surface area contributed by atoms with Gasteiger partial charge in [-0.1, -0.05) is 29.8 Å². The molecular formula is C16H15ClN2O2S. The molecule has 2 rings (SSSR count). The molecule has 2 aromatic rings. The Kier molecular flexibility index (Phi) is 5.86. The van der Waals surface area contributed by atoms with Crippen molar-refractivity contribution in [2.24, 2.45) is 5.73 Å². The summed E-state index contributed by atoms with van der Waals surface area (Å²) < 4.78 is 0. The van der Waals surface area contributed by atoms with Gasteiger partial charge in [0.05, 0.1) is 5.02 Å². The normalized spacial score (nSPS) is 10.2. The first-order valence-electron chi connectivity index (χ1n) is 6.63. The Bertz CT molecular complexity index is 691. The number of nitrogens with two attached hydrogens (primary N) is 1. The van der Waals surface area contributed by atoms with Gasteiger partial charge in [0.2, 0.25) is 11.8 Å². The van der Waals surface area contributed by atoms with E-state index in [0.29, 0.717) is 28.4 Å². The molecule has 22 heavy (non-hydrogen) atoms. The van der Waals surface area contributed by atoms with Crippen LogP contribution in [0.15, 0.2) is 53.4 Å². The Balaban J connectivity index is 1.84. The lowest BCUT2D eigenvalue weighted by Gasteiger charge is -2.07. The van der Waals surface area contributed by atoms with Crippen molar-refractivity contribution in [3.63, 3.8) is 0 Å². The number of carbonyl (C=O) groups is 2. The molecule has 2 amide bonds. The molecule has 2 aromatic carbocycles. The first kappa shape index (κ1) is 16.4. The zero-order chi connectivity index (χ0) is 15.9. The van der Waals surface area contributed by atoms with Crippen LogP contribution in [-0.4, -0.2) is 17.6 Å². The highest BCUT2D eigenvalue weighted by molar-refractivity contribution is 7.99. The van der Waals surface area contributed by atoms with Crippen molar-refractivity contribution in [1.29, 1.82) is 0 Å². The largest absolute Gasteiger partial charge is 0.366 e. The monoisotopic (exact) mass is 334 g/mol. The lowest BCUT2D eigenvalue weighted by atomic mass is 10.2. The average Bonchev–Trinajstić information content (AvgIpc) is 2.49. The summed E-state index contributed by atoms with van der Waals surface area (Å²) in [6.07, 6.45) is 0.344. The third kappa shape index (κ3) is 4.79. The van der Waals surface area contributed by atoms with E-state index in [1.807, 2.05) is 24.3 Å². The molecule has 3 N–H and O–H groups in total. The highest BCUT2D eigenvalue weighted by Crippen LogP contribution is 2.27. The van der Waals surface area contributed by atoms with Gasteiger partial charge in [-0.2, -0.15) is 0 Å². The van der Waals surface area contributed by atoms with Crippen molar-refractivity contribution >= 4 is 40.9 Å². The average molecular weight is 335 g/mol. The molecule has 0 atom stereocenters. The van der Waals surface area contributed by atoms with E-state index in [4.69, 9.17) is 17.3 Å². The Hall–Kier alpha value is -1.98. The zero-order valence-corrected chi connectivity index (χ0v) is 13.3. The van der Waals surface area contributed by atoms with Crippen molar-refractivity contribution in [2.75, 3.05) is 11.1 Å². The first-order chi connectivity index (χ1) is 10.6. The van der Waals surface area contributed by atoms with E-state index in [-0.39, 0.29) is 5.91 Å². The summed E-state index contributed by atoms with van der Waals surface area (Å²) in [4.78, 5) is 23.9. The van der Waals surface area contributed by atoms with Crippen molar-refractivity contribution in [1.82, 2.24) is 0 Å². The zero-order valence-electron chi connectivity index (χ0n) is 11.7. The summed E-state index contributed by atoms with van der Waals surface area (Å²) in [5.74, 6) is -0.0306. The van der Waals surface area contributed by atoms with Crippen LogP contribution in [0.3, 0.4) is 0 Å². The van der Waals surface area contributed by atoms with Crippen molar-refractivity contribution in [3.8, 4) is 0 Å². The quantitative estimate of drug-likeness (QED) is 0.793. The fourth-order valence-corrected chi connectivity index (χ4v) is 2.98. The molecule has 0 heterocycles. The minimum Gasteiger partial charge on any atom is -0.366 e. The van der Waals surface area contributed by atoms with E-state index >= 15 is 0 Å². The molecule has 0 bridgehead atoms. The van der Waals surface area contributed by atoms with Gasteiger partial charge in [-0.15, -0.1) is 11.8 Å². The third-order valence-electron chi connectivity index (χ3n) is 2.85. The smallest absolute Gasteiger partial charge is 0.248 e. The molecule has 0 saturated heterocycles. The van der Waals surface area contributed by atoms with Crippen LogP contribution in [0.1, 0.15) is 16.8 Å². The fraction of sp³-hybridized carbons (Fsp3) is 0.125. The Labute approximate surface area is 138 Å². The molecule has 0 aromatic heterocycles. The standard InChI is InChI=1S/C16H15ClN2O2S/c17-13-6-1-2-7-14(13)22-9-8-15(20)19-12-5-3-4-11(10-12)16(18)21/h1-7,10H,8-9H2,(H2,18,21)(H,19,20). The second kappa shape index (κ2) is 7.87. The second-order valence-electron chi connectivity index (χ2n) is 4.52. The number of amides is 2. The molecule has 0 aliphatic heterocycles. The molecule has 114 valence electrons. The maximum absolute atomic E-state index is 11.9. The van der Waals surface area contributed by atoms with Gasteiger partial charge in [-0.05, 0) is 30.3 Å². The molecule has 6 heteroatoms.